The van der Waals surface area contributed by atoms with Gasteiger partial charge in [-0.3, -0.25) is 4.79 Å². The molecule has 0 saturated carbocycles. The third-order valence-electron chi connectivity index (χ3n) is 2.83. The average molecular weight is 340 g/mol. The normalized spacial score (nSPS) is 12.2. The number of rotatable bonds is 4. The summed E-state index contributed by atoms with van der Waals surface area (Å²) in [5, 5.41) is 14.6. The fourth-order valence-electron chi connectivity index (χ4n) is 1.79. The molecule has 0 saturated heterocycles. The summed E-state index contributed by atoms with van der Waals surface area (Å²) in [4.78, 5) is 11.8. The summed E-state index contributed by atoms with van der Waals surface area (Å²) in [5.74, 6) is -0.172. The molecule has 1 unspecified atom stereocenters. The van der Waals surface area contributed by atoms with Crippen molar-refractivity contribution in [1.29, 1.82) is 0 Å². The van der Waals surface area contributed by atoms with Crippen LogP contribution in [0.2, 0.25) is 0 Å². The van der Waals surface area contributed by atoms with Crippen LogP contribution in [0, 0.1) is 6.92 Å². The fraction of sp³-hybridized carbons (Fsp3) is 0.214. The Labute approximate surface area is 124 Å². The summed E-state index contributed by atoms with van der Waals surface area (Å²) < 4.78 is 0.914. The van der Waals surface area contributed by atoms with Crippen LogP contribution in [0.15, 0.2) is 39.5 Å². The lowest BCUT2D eigenvalue weighted by Gasteiger charge is -2.14. The molecule has 5 heteroatoms. The van der Waals surface area contributed by atoms with Crippen LogP contribution in [0.1, 0.15) is 27.6 Å². The van der Waals surface area contributed by atoms with Crippen molar-refractivity contribution in [2.75, 3.05) is 6.54 Å². The van der Waals surface area contributed by atoms with Crippen LogP contribution in [-0.2, 0) is 0 Å². The van der Waals surface area contributed by atoms with Crippen LogP contribution in [0.25, 0.3) is 0 Å². The summed E-state index contributed by atoms with van der Waals surface area (Å²) in [6, 6.07) is 9.38. The van der Waals surface area contributed by atoms with Gasteiger partial charge in [0.25, 0.3) is 5.91 Å². The highest BCUT2D eigenvalue weighted by atomic mass is 79.9. The molecule has 0 bridgehead atoms. The molecule has 1 atom stereocenters. The van der Waals surface area contributed by atoms with E-state index < -0.39 is 6.10 Å². The summed E-state index contributed by atoms with van der Waals surface area (Å²) in [7, 11) is 0. The molecule has 0 radical (unpaired) electrons. The molecule has 0 aliphatic rings. The number of thiophene rings is 1. The van der Waals surface area contributed by atoms with E-state index in [1.54, 1.807) is 11.4 Å². The predicted octanol–water partition coefficient (Wildman–Crippen LogP) is 3.28. The second-order valence-corrected chi connectivity index (χ2v) is 6.51. The van der Waals surface area contributed by atoms with E-state index in [0.29, 0.717) is 5.56 Å². The first kappa shape index (κ1) is 14.2. The van der Waals surface area contributed by atoms with Gasteiger partial charge in [-0.15, -0.1) is 11.3 Å². The Kier molecular flexibility index (Phi) is 4.74. The zero-order valence-corrected chi connectivity index (χ0v) is 12.8. The van der Waals surface area contributed by atoms with E-state index in [-0.39, 0.29) is 12.5 Å². The number of carbonyl (C=O) groups excluding carboxylic acids is 1. The van der Waals surface area contributed by atoms with Crippen LogP contribution < -0.4 is 5.32 Å². The van der Waals surface area contributed by atoms with E-state index in [0.717, 1.165) is 14.9 Å². The molecule has 1 heterocycles. The topological polar surface area (TPSA) is 49.3 Å². The molecule has 2 aromatic rings. The SMILES string of the molecule is Cc1ccccc1C(O)CNC(=O)c1csc(Br)c1. The molecule has 0 aliphatic heterocycles. The van der Waals surface area contributed by atoms with Gasteiger partial charge in [0.1, 0.15) is 0 Å². The number of halogens is 1. The Morgan fingerprint density at radius 3 is 2.84 bits per heavy atom. The van der Waals surface area contributed by atoms with Gasteiger partial charge >= 0.3 is 0 Å². The number of amides is 1. The fourth-order valence-corrected chi connectivity index (χ4v) is 2.93. The van der Waals surface area contributed by atoms with Gasteiger partial charge in [0.2, 0.25) is 0 Å². The lowest BCUT2D eigenvalue weighted by Crippen LogP contribution is -2.28. The van der Waals surface area contributed by atoms with Gasteiger partial charge in [-0.05, 0) is 40.0 Å². The summed E-state index contributed by atoms with van der Waals surface area (Å²) in [5.41, 5.74) is 2.46. The largest absolute Gasteiger partial charge is 0.387 e. The third kappa shape index (κ3) is 3.65. The Bertz CT molecular complexity index is 582. The molecule has 0 spiro atoms. The van der Waals surface area contributed by atoms with Gasteiger partial charge < -0.3 is 10.4 Å². The van der Waals surface area contributed by atoms with Crippen molar-refractivity contribution in [2.24, 2.45) is 0 Å². The molecule has 2 N–H and O–H groups in total. The van der Waals surface area contributed by atoms with E-state index in [4.69, 9.17) is 0 Å². The molecule has 1 aromatic carbocycles. The minimum absolute atomic E-state index is 0.172. The highest BCUT2D eigenvalue weighted by Crippen LogP contribution is 2.21. The Hall–Kier alpha value is -1.17. The summed E-state index contributed by atoms with van der Waals surface area (Å²) in [6.07, 6.45) is -0.688. The molecule has 1 aromatic heterocycles. The number of hydrogen-bond donors (Lipinski definition) is 2. The molecule has 100 valence electrons. The molecular weight excluding hydrogens is 326 g/mol. The standard InChI is InChI=1S/C14H14BrNO2S/c1-9-4-2-3-5-11(9)12(17)7-16-14(18)10-6-13(15)19-8-10/h2-6,8,12,17H,7H2,1H3,(H,16,18). The summed E-state index contributed by atoms with van der Waals surface area (Å²) >= 11 is 4.78. The monoisotopic (exact) mass is 339 g/mol. The molecule has 3 nitrogen and oxygen atoms in total. The van der Waals surface area contributed by atoms with Gasteiger partial charge in [0, 0.05) is 11.9 Å². The minimum atomic E-state index is -0.688. The maximum atomic E-state index is 11.8. The third-order valence-corrected chi connectivity index (χ3v) is 4.34. The first-order valence-electron chi connectivity index (χ1n) is 5.83. The average Bonchev–Trinajstić information content (AvgIpc) is 2.83. The van der Waals surface area contributed by atoms with E-state index in [1.165, 1.54) is 11.3 Å². The first-order valence-corrected chi connectivity index (χ1v) is 7.51. The lowest BCUT2D eigenvalue weighted by molar-refractivity contribution is 0.0916. The van der Waals surface area contributed by atoms with E-state index in [2.05, 4.69) is 21.2 Å². The Balaban J connectivity index is 1.96. The van der Waals surface area contributed by atoms with Gasteiger partial charge in [0.05, 0.1) is 15.5 Å². The second kappa shape index (κ2) is 6.32. The zero-order valence-electron chi connectivity index (χ0n) is 10.4. The van der Waals surface area contributed by atoms with E-state index in [1.807, 2.05) is 31.2 Å². The number of aliphatic hydroxyl groups excluding tert-OH is 1. The number of benzene rings is 1. The van der Waals surface area contributed by atoms with Crippen molar-refractivity contribution in [1.82, 2.24) is 5.32 Å². The van der Waals surface area contributed by atoms with Crippen molar-refractivity contribution < 1.29 is 9.90 Å². The van der Waals surface area contributed by atoms with Crippen LogP contribution >= 0.6 is 27.3 Å². The molecular formula is C14H14BrNO2S. The summed E-state index contributed by atoms with van der Waals surface area (Å²) in [6.45, 7) is 2.15. The van der Waals surface area contributed by atoms with E-state index >= 15 is 0 Å². The maximum absolute atomic E-state index is 11.8. The first-order chi connectivity index (χ1) is 9.08. The number of aliphatic hydroxyl groups is 1. The number of aryl methyl sites for hydroxylation is 1. The number of nitrogens with one attached hydrogen (secondary N) is 1. The molecule has 2 rings (SSSR count). The van der Waals surface area contributed by atoms with Crippen molar-refractivity contribution in [2.45, 2.75) is 13.0 Å². The maximum Gasteiger partial charge on any atom is 0.252 e. The second-order valence-electron chi connectivity index (χ2n) is 4.22. The van der Waals surface area contributed by atoms with Crippen LogP contribution in [0.4, 0.5) is 0 Å². The van der Waals surface area contributed by atoms with Gasteiger partial charge in [-0.25, -0.2) is 0 Å². The van der Waals surface area contributed by atoms with E-state index in [9.17, 15) is 9.90 Å². The van der Waals surface area contributed by atoms with Gasteiger partial charge in [-0.2, -0.15) is 0 Å². The zero-order chi connectivity index (χ0) is 13.8. The van der Waals surface area contributed by atoms with Crippen LogP contribution in [0.3, 0.4) is 0 Å². The van der Waals surface area contributed by atoms with Crippen molar-refractivity contribution in [3.05, 3.63) is 56.2 Å². The van der Waals surface area contributed by atoms with Crippen molar-refractivity contribution in [3.63, 3.8) is 0 Å². The number of carbonyl (C=O) groups is 1. The quantitative estimate of drug-likeness (QED) is 0.897. The lowest BCUT2D eigenvalue weighted by atomic mass is 10.0. The molecule has 0 fully saturated rings. The predicted molar refractivity (Wildman–Crippen MR) is 80.5 cm³/mol. The van der Waals surface area contributed by atoms with Gasteiger partial charge in [0.15, 0.2) is 0 Å². The molecule has 19 heavy (non-hydrogen) atoms. The molecule has 0 aliphatic carbocycles. The molecule has 1 amide bonds. The number of hydrogen-bond acceptors (Lipinski definition) is 3. The van der Waals surface area contributed by atoms with Crippen LogP contribution in [-0.4, -0.2) is 17.6 Å². The van der Waals surface area contributed by atoms with Crippen molar-refractivity contribution in [3.8, 4) is 0 Å². The Morgan fingerprint density at radius 1 is 1.47 bits per heavy atom. The smallest absolute Gasteiger partial charge is 0.252 e. The van der Waals surface area contributed by atoms with Crippen molar-refractivity contribution >= 4 is 33.2 Å². The highest BCUT2D eigenvalue weighted by Gasteiger charge is 2.13. The Morgan fingerprint density at radius 2 is 2.21 bits per heavy atom. The van der Waals surface area contributed by atoms with Crippen LogP contribution in [0.5, 0.6) is 0 Å². The van der Waals surface area contributed by atoms with Gasteiger partial charge in [-0.1, -0.05) is 24.3 Å². The minimum Gasteiger partial charge on any atom is -0.387 e. The highest BCUT2D eigenvalue weighted by molar-refractivity contribution is 9.11.